The molecule has 0 radical (unpaired) electrons. The topological polar surface area (TPSA) is 73.0 Å². The predicted octanol–water partition coefficient (Wildman–Crippen LogP) is 2.52. The molecule has 0 spiro atoms. The number of aryl methyl sites for hydroxylation is 1. The fraction of sp³-hybridized carbons (Fsp3) is 0.375. The van der Waals surface area contributed by atoms with E-state index in [1.807, 2.05) is 29.2 Å². The minimum Gasteiger partial charge on any atom is -0.339 e. The van der Waals surface area contributed by atoms with Gasteiger partial charge in [0.1, 0.15) is 0 Å². The summed E-state index contributed by atoms with van der Waals surface area (Å²) in [5, 5.41) is 2.77. The van der Waals surface area contributed by atoms with Gasteiger partial charge in [0.25, 0.3) is 5.91 Å². The van der Waals surface area contributed by atoms with E-state index in [4.69, 9.17) is 0 Å². The zero-order valence-corrected chi connectivity index (χ0v) is 17.6. The van der Waals surface area contributed by atoms with Crippen LogP contribution in [0, 0.1) is 0 Å². The van der Waals surface area contributed by atoms with Crippen LogP contribution in [0.4, 0.5) is 10.5 Å². The lowest BCUT2D eigenvalue weighted by molar-refractivity contribution is -0.132. The minimum absolute atomic E-state index is 0.0577. The number of carbonyl (C=O) groups excluding carboxylic acids is 3. The summed E-state index contributed by atoms with van der Waals surface area (Å²) in [4.78, 5) is 42.7. The number of urea groups is 1. The molecule has 4 rings (SSSR count). The average molecular weight is 421 g/mol. The van der Waals surface area contributed by atoms with Gasteiger partial charge >= 0.3 is 6.03 Å². The number of hydrogen-bond acceptors (Lipinski definition) is 3. The van der Waals surface area contributed by atoms with Crippen molar-refractivity contribution in [1.82, 2.24) is 15.1 Å². The third kappa shape index (κ3) is 5.05. The molecule has 0 unspecified atom stereocenters. The van der Waals surface area contributed by atoms with Crippen LogP contribution in [0.5, 0.6) is 0 Å². The summed E-state index contributed by atoms with van der Waals surface area (Å²) in [5.41, 5.74) is 2.55. The van der Waals surface area contributed by atoms with E-state index in [0.717, 1.165) is 18.5 Å². The molecular weight excluding hydrogens is 392 g/mol. The van der Waals surface area contributed by atoms with Gasteiger partial charge in [-0.15, -0.1) is 0 Å². The summed E-state index contributed by atoms with van der Waals surface area (Å²) in [6.45, 7) is 3.38. The monoisotopic (exact) mass is 420 g/mol. The highest BCUT2D eigenvalue weighted by molar-refractivity contribution is 5.98. The minimum atomic E-state index is -0.135. The Hall–Kier alpha value is -3.35. The fourth-order valence-corrected chi connectivity index (χ4v) is 4.11. The molecule has 2 saturated heterocycles. The lowest BCUT2D eigenvalue weighted by atomic mass is 10.1. The zero-order chi connectivity index (χ0) is 21.6. The van der Waals surface area contributed by atoms with Crippen molar-refractivity contribution in [3.8, 4) is 0 Å². The van der Waals surface area contributed by atoms with Gasteiger partial charge in [-0.25, -0.2) is 4.79 Å². The van der Waals surface area contributed by atoms with Gasteiger partial charge in [-0.3, -0.25) is 14.5 Å². The second-order valence-electron chi connectivity index (χ2n) is 7.95. The van der Waals surface area contributed by atoms with Crippen molar-refractivity contribution in [2.45, 2.75) is 19.3 Å². The molecule has 2 aliphatic heterocycles. The lowest BCUT2D eigenvalue weighted by Gasteiger charge is -2.35. The Kier molecular flexibility index (Phi) is 6.50. The molecule has 0 aromatic heterocycles. The molecule has 0 saturated carbocycles. The molecule has 4 amide bonds. The highest BCUT2D eigenvalue weighted by Gasteiger charge is 2.26. The molecule has 2 aliphatic rings. The second-order valence-corrected chi connectivity index (χ2v) is 7.95. The first-order valence-corrected chi connectivity index (χ1v) is 10.9. The standard InChI is InChI=1S/C24H28N4O3/c29-22(11-4-8-19-6-2-1-3-7-19)26-14-16-27(17-15-26)23(30)20-9-5-10-21(18-20)28-13-12-25-24(28)31/h1-3,5-7,9-10,18H,4,8,11-17H2,(H,25,31). The largest absolute Gasteiger partial charge is 0.339 e. The maximum atomic E-state index is 13.0. The van der Waals surface area contributed by atoms with Crippen molar-refractivity contribution in [3.63, 3.8) is 0 Å². The SMILES string of the molecule is O=C(CCCc1ccccc1)N1CCN(C(=O)c2cccc(N3CCNC3=O)c2)CC1. The number of rotatable bonds is 6. The van der Waals surface area contributed by atoms with Crippen LogP contribution in [-0.4, -0.2) is 66.9 Å². The van der Waals surface area contributed by atoms with Gasteiger partial charge in [0.2, 0.25) is 5.91 Å². The maximum Gasteiger partial charge on any atom is 0.321 e. The number of benzene rings is 2. The van der Waals surface area contributed by atoms with Crippen LogP contribution in [0.2, 0.25) is 0 Å². The molecule has 2 aromatic carbocycles. The lowest BCUT2D eigenvalue weighted by Crippen LogP contribution is -2.50. The van der Waals surface area contributed by atoms with E-state index in [2.05, 4.69) is 17.4 Å². The molecule has 1 N–H and O–H groups in total. The predicted molar refractivity (Wildman–Crippen MR) is 119 cm³/mol. The molecular formula is C24H28N4O3. The molecule has 0 aliphatic carbocycles. The van der Waals surface area contributed by atoms with Gasteiger partial charge in [0.15, 0.2) is 0 Å². The number of anilines is 1. The molecule has 31 heavy (non-hydrogen) atoms. The second kappa shape index (κ2) is 9.64. The quantitative estimate of drug-likeness (QED) is 0.781. The molecule has 0 bridgehead atoms. The molecule has 2 fully saturated rings. The Morgan fingerprint density at radius 2 is 1.61 bits per heavy atom. The third-order valence-electron chi connectivity index (χ3n) is 5.88. The number of carbonyl (C=O) groups is 3. The summed E-state index contributed by atoms with van der Waals surface area (Å²) in [6, 6.07) is 17.3. The first-order valence-electron chi connectivity index (χ1n) is 10.9. The summed E-state index contributed by atoms with van der Waals surface area (Å²) < 4.78 is 0. The molecule has 2 aromatic rings. The van der Waals surface area contributed by atoms with Gasteiger partial charge in [-0.2, -0.15) is 0 Å². The van der Waals surface area contributed by atoms with Crippen LogP contribution in [-0.2, 0) is 11.2 Å². The van der Waals surface area contributed by atoms with Gasteiger partial charge in [0.05, 0.1) is 0 Å². The molecule has 7 nitrogen and oxygen atoms in total. The van der Waals surface area contributed by atoms with E-state index < -0.39 is 0 Å². The van der Waals surface area contributed by atoms with E-state index >= 15 is 0 Å². The van der Waals surface area contributed by atoms with E-state index in [1.165, 1.54) is 5.56 Å². The third-order valence-corrected chi connectivity index (χ3v) is 5.88. The fourth-order valence-electron chi connectivity index (χ4n) is 4.11. The smallest absolute Gasteiger partial charge is 0.321 e. The highest BCUT2D eigenvalue weighted by atomic mass is 16.2. The average Bonchev–Trinajstić information content (AvgIpc) is 3.25. The van der Waals surface area contributed by atoms with Crippen molar-refractivity contribution >= 4 is 23.5 Å². The Morgan fingerprint density at radius 3 is 2.32 bits per heavy atom. The van der Waals surface area contributed by atoms with Crippen LogP contribution >= 0.6 is 0 Å². The van der Waals surface area contributed by atoms with E-state index in [-0.39, 0.29) is 17.8 Å². The van der Waals surface area contributed by atoms with Crippen LogP contribution in [0.15, 0.2) is 54.6 Å². The van der Waals surface area contributed by atoms with Crippen LogP contribution in [0.1, 0.15) is 28.8 Å². The van der Waals surface area contributed by atoms with Gasteiger partial charge in [-0.05, 0) is 36.6 Å². The number of amides is 4. The van der Waals surface area contributed by atoms with Crippen molar-refractivity contribution in [1.29, 1.82) is 0 Å². The summed E-state index contributed by atoms with van der Waals surface area (Å²) in [7, 11) is 0. The molecule has 162 valence electrons. The Labute approximate surface area is 182 Å². The van der Waals surface area contributed by atoms with Gasteiger partial charge in [0, 0.05) is 56.9 Å². The zero-order valence-electron chi connectivity index (χ0n) is 17.6. The van der Waals surface area contributed by atoms with E-state index in [9.17, 15) is 14.4 Å². The van der Waals surface area contributed by atoms with Crippen molar-refractivity contribution in [2.24, 2.45) is 0 Å². The van der Waals surface area contributed by atoms with Crippen molar-refractivity contribution < 1.29 is 14.4 Å². The van der Waals surface area contributed by atoms with Crippen molar-refractivity contribution in [3.05, 3.63) is 65.7 Å². The number of hydrogen-bond donors (Lipinski definition) is 1. The number of nitrogens with one attached hydrogen (secondary N) is 1. The normalized spacial score (nSPS) is 16.4. The first kappa shape index (κ1) is 20.9. The van der Waals surface area contributed by atoms with Crippen LogP contribution in [0.25, 0.3) is 0 Å². The molecule has 0 atom stereocenters. The number of nitrogens with zero attached hydrogens (tertiary/aromatic N) is 3. The molecule has 7 heteroatoms. The van der Waals surface area contributed by atoms with Gasteiger partial charge in [-0.1, -0.05) is 36.4 Å². The van der Waals surface area contributed by atoms with Crippen LogP contribution in [0.3, 0.4) is 0 Å². The Morgan fingerprint density at radius 1 is 0.871 bits per heavy atom. The first-order chi connectivity index (χ1) is 15.1. The van der Waals surface area contributed by atoms with E-state index in [0.29, 0.717) is 51.3 Å². The van der Waals surface area contributed by atoms with Gasteiger partial charge < -0.3 is 15.1 Å². The summed E-state index contributed by atoms with van der Waals surface area (Å²) >= 11 is 0. The number of piperazine rings is 1. The highest BCUT2D eigenvalue weighted by Crippen LogP contribution is 2.20. The Balaban J connectivity index is 1.27. The molecule has 2 heterocycles. The van der Waals surface area contributed by atoms with Crippen molar-refractivity contribution in [2.75, 3.05) is 44.2 Å². The Bertz CT molecular complexity index is 939. The van der Waals surface area contributed by atoms with E-state index in [1.54, 1.807) is 28.0 Å². The summed E-state index contributed by atoms with van der Waals surface area (Å²) in [6.07, 6.45) is 2.26. The van der Waals surface area contributed by atoms with Crippen LogP contribution < -0.4 is 10.2 Å². The maximum absolute atomic E-state index is 13.0. The summed E-state index contributed by atoms with van der Waals surface area (Å²) in [5.74, 6) is 0.0997.